The molecule has 0 bridgehead atoms. The monoisotopic (exact) mass is 538 g/mol. The number of allylic oxidation sites excluding steroid dienone is 2. The summed E-state index contributed by atoms with van der Waals surface area (Å²) < 4.78 is 21.8. The molecule has 1 atom stereocenters. The molecule has 0 spiro atoms. The average Bonchev–Trinajstić information content (AvgIpc) is 2.95. The van der Waals surface area contributed by atoms with E-state index in [-0.39, 0.29) is 6.61 Å². The first-order valence-electron chi connectivity index (χ1n) is 13.0. The molecule has 0 saturated heterocycles. The Balaban J connectivity index is 1.57. The third kappa shape index (κ3) is 8.08. The molecule has 3 rings (SSSR count). The van der Waals surface area contributed by atoms with E-state index in [0.717, 1.165) is 18.6 Å². The number of carbonyl (C=O) groups is 2. The minimum atomic E-state index is -0.705. The first-order valence-corrected chi connectivity index (χ1v) is 13.0. The predicted molar refractivity (Wildman–Crippen MR) is 147 cm³/mol. The Morgan fingerprint density at radius 2 is 1.51 bits per heavy atom. The van der Waals surface area contributed by atoms with Crippen molar-refractivity contribution in [1.82, 2.24) is 10.6 Å². The van der Waals surface area contributed by atoms with Gasteiger partial charge < -0.3 is 34.7 Å². The number of para-hydroxylation sites is 2. The summed E-state index contributed by atoms with van der Waals surface area (Å²) in [6.45, 7) is 5.35. The first kappa shape index (κ1) is 29.7. The van der Waals surface area contributed by atoms with Crippen molar-refractivity contribution in [3.05, 3.63) is 82.7 Å². The Kier molecular flexibility index (Phi) is 11.4. The van der Waals surface area contributed by atoms with Gasteiger partial charge in [-0.1, -0.05) is 36.4 Å². The van der Waals surface area contributed by atoms with Crippen molar-refractivity contribution in [2.45, 2.75) is 38.7 Å². The van der Waals surface area contributed by atoms with E-state index in [9.17, 15) is 14.7 Å². The Hall–Kier alpha value is -3.82. The maximum absolute atomic E-state index is 12.8. The first-order chi connectivity index (χ1) is 18.9. The molecule has 0 aromatic heterocycles. The normalized spacial score (nSPS) is 14.5. The van der Waals surface area contributed by atoms with E-state index in [2.05, 4.69) is 10.6 Å². The fourth-order valence-corrected chi connectivity index (χ4v) is 4.49. The summed E-state index contributed by atoms with van der Waals surface area (Å²) in [7, 11) is 2.63. The molecular weight excluding hydrogens is 500 g/mol. The summed E-state index contributed by atoms with van der Waals surface area (Å²) >= 11 is 0. The molecule has 0 aliphatic carbocycles. The van der Waals surface area contributed by atoms with Gasteiger partial charge in [0.05, 0.1) is 37.9 Å². The molecule has 1 aliphatic heterocycles. The second-order valence-electron chi connectivity index (χ2n) is 9.19. The van der Waals surface area contributed by atoms with Crippen molar-refractivity contribution in [1.29, 1.82) is 0 Å². The number of hydrogen-bond donors (Lipinski definition) is 3. The summed E-state index contributed by atoms with van der Waals surface area (Å²) in [5.74, 6) is -0.461. The van der Waals surface area contributed by atoms with Crippen molar-refractivity contribution >= 4 is 11.9 Å². The molecule has 2 aromatic carbocycles. The highest BCUT2D eigenvalue weighted by Crippen LogP contribution is 2.42. The largest absolute Gasteiger partial charge is 0.493 e. The molecule has 0 saturated carbocycles. The summed E-state index contributed by atoms with van der Waals surface area (Å²) in [6, 6.07) is 16.8. The van der Waals surface area contributed by atoms with Gasteiger partial charge in [-0.3, -0.25) is 0 Å². The van der Waals surface area contributed by atoms with Crippen molar-refractivity contribution in [2.75, 3.05) is 40.5 Å². The molecule has 1 heterocycles. The smallest absolute Gasteiger partial charge is 0.336 e. The van der Waals surface area contributed by atoms with E-state index in [4.69, 9.17) is 18.9 Å². The van der Waals surface area contributed by atoms with Gasteiger partial charge in [0, 0.05) is 23.5 Å². The molecule has 3 N–H and O–H groups in total. The molecule has 2 aromatic rings. The molecule has 0 fully saturated rings. The van der Waals surface area contributed by atoms with E-state index in [0.29, 0.717) is 53.5 Å². The third-order valence-electron chi connectivity index (χ3n) is 6.37. The molecule has 9 heteroatoms. The fourth-order valence-electron chi connectivity index (χ4n) is 4.49. The standard InChI is InChI=1S/C30H38N2O7/c1-20-26(29(34)36-3)28(27(21(2)32-20)30(35)37-4)24-14-8-9-15-25(24)38-17-11-10-16-31-18-22(33)19-39-23-12-6-5-7-13-23/h5-9,12-15,22,28,31-33H,10-11,16-19H2,1-4H3. The number of aliphatic hydroxyl groups excluding tert-OH is 1. The Bertz CT molecular complexity index is 1140. The number of rotatable bonds is 14. The maximum Gasteiger partial charge on any atom is 0.336 e. The second kappa shape index (κ2) is 14.9. The zero-order valence-electron chi connectivity index (χ0n) is 23.0. The van der Waals surface area contributed by atoms with Gasteiger partial charge in [-0.15, -0.1) is 0 Å². The molecule has 0 radical (unpaired) electrons. The molecule has 0 amide bonds. The number of ether oxygens (including phenoxy) is 4. The van der Waals surface area contributed by atoms with Gasteiger partial charge >= 0.3 is 11.9 Å². The van der Waals surface area contributed by atoms with E-state index in [1.807, 2.05) is 54.6 Å². The number of benzene rings is 2. The van der Waals surface area contributed by atoms with Crippen molar-refractivity contribution in [3.8, 4) is 11.5 Å². The number of unbranched alkanes of at least 4 members (excludes halogenated alkanes) is 1. The lowest BCUT2D eigenvalue weighted by Crippen LogP contribution is -2.32. The van der Waals surface area contributed by atoms with Crippen LogP contribution in [0.5, 0.6) is 11.5 Å². The van der Waals surface area contributed by atoms with Crippen LogP contribution in [0.25, 0.3) is 0 Å². The van der Waals surface area contributed by atoms with Crippen LogP contribution in [0.1, 0.15) is 38.2 Å². The lowest BCUT2D eigenvalue weighted by atomic mass is 9.80. The van der Waals surface area contributed by atoms with Gasteiger partial charge in [0.1, 0.15) is 24.2 Å². The van der Waals surface area contributed by atoms with Crippen molar-refractivity contribution in [2.24, 2.45) is 0 Å². The lowest BCUT2D eigenvalue weighted by Gasteiger charge is -2.31. The number of dihydropyridines is 1. The number of hydrogen-bond acceptors (Lipinski definition) is 9. The van der Waals surface area contributed by atoms with Crippen molar-refractivity contribution in [3.63, 3.8) is 0 Å². The topological polar surface area (TPSA) is 115 Å². The van der Waals surface area contributed by atoms with Crippen LogP contribution >= 0.6 is 0 Å². The minimum absolute atomic E-state index is 0.219. The molecule has 1 unspecified atom stereocenters. The molecule has 1 aliphatic rings. The van der Waals surface area contributed by atoms with Gasteiger partial charge in [0.2, 0.25) is 0 Å². The highest BCUT2D eigenvalue weighted by molar-refractivity contribution is 6.00. The fraction of sp³-hybridized carbons (Fsp3) is 0.400. The maximum atomic E-state index is 12.8. The Morgan fingerprint density at radius 3 is 2.15 bits per heavy atom. The van der Waals surface area contributed by atoms with Gasteiger partial charge in [0.25, 0.3) is 0 Å². The predicted octanol–water partition coefficient (Wildman–Crippen LogP) is 3.46. The highest BCUT2D eigenvalue weighted by atomic mass is 16.5. The van der Waals surface area contributed by atoms with Crippen LogP contribution in [0.4, 0.5) is 0 Å². The molecular formula is C30H38N2O7. The lowest BCUT2D eigenvalue weighted by molar-refractivity contribution is -0.137. The minimum Gasteiger partial charge on any atom is -0.493 e. The Morgan fingerprint density at radius 1 is 0.897 bits per heavy atom. The van der Waals surface area contributed by atoms with Crippen LogP contribution in [-0.2, 0) is 19.1 Å². The average molecular weight is 539 g/mol. The van der Waals surface area contributed by atoms with Gasteiger partial charge in [-0.05, 0) is 51.4 Å². The molecule has 210 valence electrons. The molecule has 9 nitrogen and oxygen atoms in total. The molecule has 39 heavy (non-hydrogen) atoms. The summed E-state index contributed by atoms with van der Waals surface area (Å²) in [5, 5.41) is 16.5. The number of esters is 2. The van der Waals surface area contributed by atoms with Gasteiger partial charge in [0.15, 0.2) is 0 Å². The van der Waals surface area contributed by atoms with Gasteiger partial charge in [-0.2, -0.15) is 0 Å². The summed E-state index contributed by atoms with van der Waals surface area (Å²) in [4.78, 5) is 25.6. The van der Waals surface area contributed by atoms with E-state index >= 15 is 0 Å². The van der Waals surface area contributed by atoms with Crippen LogP contribution in [0.15, 0.2) is 77.1 Å². The number of carbonyl (C=O) groups excluding carboxylic acids is 2. The van der Waals surface area contributed by atoms with Crippen LogP contribution in [-0.4, -0.2) is 63.7 Å². The van der Waals surface area contributed by atoms with Crippen LogP contribution in [0, 0.1) is 0 Å². The SMILES string of the molecule is COC(=O)C1=C(C)NC(C)=C(C(=O)OC)C1c1ccccc1OCCCCNCC(O)COc1ccccc1. The van der Waals surface area contributed by atoms with Crippen LogP contribution < -0.4 is 20.1 Å². The Labute approximate surface area is 229 Å². The zero-order chi connectivity index (χ0) is 28.2. The summed E-state index contributed by atoms with van der Waals surface area (Å²) in [6.07, 6.45) is 0.988. The van der Waals surface area contributed by atoms with Gasteiger partial charge in [-0.25, -0.2) is 9.59 Å². The van der Waals surface area contributed by atoms with E-state index < -0.39 is 24.0 Å². The van der Waals surface area contributed by atoms with E-state index in [1.54, 1.807) is 13.8 Å². The second-order valence-corrected chi connectivity index (χ2v) is 9.19. The van der Waals surface area contributed by atoms with Crippen LogP contribution in [0.3, 0.4) is 0 Å². The summed E-state index contributed by atoms with van der Waals surface area (Å²) in [5.41, 5.74) is 2.55. The van der Waals surface area contributed by atoms with E-state index in [1.165, 1.54) is 14.2 Å². The third-order valence-corrected chi connectivity index (χ3v) is 6.37. The quantitative estimate of drug-likeness (QED) is 0.246. The number of aliphatic hydroxyl groups is 1. The zero-order valence-corrected chi connectivity index (χ0v) is 23.0. The number of nitrogens with one attached hydrogen (secondary N) is 2. The van der Waals surface area contributed by atoms with Crippen molar-refractivity contribution < 1.29 is 33.6 Å². The highest BCUT2D eigenvalue weighted by Gasteiger charge is 2.38. The van der Waals surface area contributed by atoms with Crippen LogP contribution in [0.2, 0.25) is 0 Å². The number of methoxy groups -OCH3 is 2.